The van der Waals surface area contributed by atoms with Crippen LogP contribution in [0, 0.1) is 0 Å². The SMILES string of the molecule is COC(=O)c1ccc(N)c(OC)c1N. The summed E-state index contributed by atoms with van der Waals surface area (Å²) in [6.45, 7) is 0. The van der Waals surface area contributed by atoms with Crippen LogP contribution in [-0.4, -0.2) is 20.2 Å². The molecule has 1 aromatic rings. The van der Waals surface area contributed by atoms with Gasteiger partial charge in [-0.3, -0.25) is 0 Å². The first kappa shape index (κ1) is 10.2. The van der Waals surface area contributed by atoms with Gasteiger partial charge in [0.1, 0.15) is 0 Å². The molecule has 1 aromatic carbocycles. The van der Waals surface area contributed by atoms with Gasteiger partial charge in [-0.05, 0) is 12.1 Å². The van der Waals surface area contributed by atoms with Crippen molar-refractivity contribution in [2.45, 2.75) is 0 Å². The van der Waals surface area contributed by atoms with Gasteiger partial charge in [0, 0.05) is 0 Å². The zero-order chi connectivity index (χ0) is 10.7. The molecular weight excluding hydrogens is 184 g/mol. The summed E-state index contributed by atoms with van der Waals surface area (Å²) in [6, 6.07) is 3.04. The van der Waals surface area contributed by atoms with Crippen molar-refractivity contribution >= 4 is 17.3 Å². The van der Waals surface area contributed by atoms with E-state index in [4.69, 9.17) is 16.2 Å². The predicted octanol–water partition coefficient (Wildman–Crippen LogP) is 0.646. The second kappa shape index (κ2) is 3.87. The van der Waals surface area contributed by atoms with Gasteiger partial charge in [0.25, 0.3) is 0 Å². The molecule has 1 rings (SSSR count). The molecule has 4 N–H and O–H groups in total. The smallest absolute Gasteiger partial charge is 0.340 e. The number of carbonyl (C=O) groups excluding carboxylic acids is 1. The minimum Gasteiger partial charge on any atom is -0.492 e. The Labute approximate surface area is 81.6 Å². The molecule has 0 fully saturated rings. The maximum absolute atomic E-state index is 11.2. The Bertz CT molecular complexity index is 363. The first-order chi connectivity index (χ1) is 6.61. The van der Waals surface area contributed by atoms with Crippen LogP contribution in [0.4, 0.5) is 11.4 Å². The minimum atomic E-state index is -0.513. The van der Waals surface area contributed by atoms with E-state index in [9.17, 15) is 4.79 Å². The standard InChI is InChI=1S/C9H12N2O3/c1-13-8-6(10)4-3-5(7(8)11)9(12)14-2/h3-4H,10-11H2,1-2H3. The highest BCUT2D eigenvalue weighted by Crippen LogP contribution is 2.31. The number of rotatable bonds is 2. The monoisotopic (exact) mass is 196 g/mol. The highest BCUT2D eigenvalue weighted by molar-refractivity contribution is 5.98. The second-order valence-electron chi connectivity index (χ2n) is 2.64. The first-order valence-corrected chi connectivity index (χ1v) is 3.92. The van der Waals surface area contributed by atoms with E-state index in [0.29, 0.717) is 11.4 Å². The molecule has 0 saturated heterocycles. The van der Waals surface area contributed by atoms with Crippen LogP contribution in [-0.2, 0) is 4.74 Å². The van der Waals surface area contributed by atoms with E-state index in [2.05, 4.69) is 4.74 Å². The Morgan fingerprint density at radius 1 is 1.29 bits per heavy atom. The molecule has 0 saturated carbocycles. The lowest BCUT2D eigenvalue weighted by atomic mass is 10.1. The van der Waals surface area contributed by atoms with Crippen LogP contribution in [0.3, 0.4) is 0 Å². The molecule has 0 spiro atoms. The van der Waals surface area contributed by atoms with E-state index < -0.39 is 5.97 Å². The molecule has 0 radical (unpaired) electrons. The fraction of sp³-hybridized carbons (Fsp3) is 0.222. The van der Waals surface area contributed by atoms with E-state index in [1.54, 1.807) is 6.07 Å². The number of anilines is 2. The fourth-order valence-corrected chi connectivity index (χ4v) is 1.13. The quantitative estimate of drug-likeness (QED) is 0.535. The van der Waals surface area contributed by atoms with Crippen molar-refractivity contribution < 1.29 is 14.3 Å². The molecular formula is C9H12N2O3. The third-order valence-corrected chi connectivity index (χ3v) is 1.84. The van der Waals surface area contributed by atoms with Crippen LogP contribution in [0.5, 0.6) is 5.75 Å². The molecule has 0 aliphatic carbocycles. The van der Waals surface area contributed by atoms with Gasteiger partial charge < -0.3 is 20.9 Å². The highest BCUT2D eigenvalue weighted by atomic mass is 16.5. The van der Waals surface area contributed by atoms with Gasteiger partial charge in [-0.1, -0.05) is 0 Å². The van der Waals surface area contributed by atoms with Crippen molar-refractivity contribution in [2.75, 3.05) is 25.7 Å². The first-order valence-electron chi connectivity index (χ1n) is 3.92. The fourth-order valence-electron chi connectivity index (χ4n) is 1.13. The molecule has 0 bridgehead atoms. The summed E-state index contributed by atoms with van der Waals surface area (Å²) in [5, 5.41) is 0. The van der Waals surface area contributed by atoms with Crippen LogP contribution in [0.2, 0.25) is 0 Å². The summed E-state index contributed by atoms with van der Waals surface area (Å²) in [4.78, 5) is 11.2. The summed E-state index contributed by atoms with van der Waals surface area (Å²) >= 11 is 0. The Hall–Kier alpha value is -1.91. The molecule has 0 aliphatic rings. The number of nitrogens with two attached hydrogens (primary N) is 2. The largest absolute Gasteiger partial charge is 0.492 e. The molecule has 5 heteroatoms. The van der Waals surface area contributed by atoms with E-state index in [-0.39, 0.29) is 11.3 Å². The van der Waals surface area contributed by atoms with Gasteiger partial charge in [0.15, 0.2) is 5.75 Å². The molecule has 0 aromatic heterocycles. The van der Waals surface area contributed by atoms with Crippen molar-refractivity contribution in [3.05, 3.63) is 17.7 Å². The Morgan fingerprint density at radius 3 is 2.43 bits per heavy atom. The van der Waals surface area contributed by atoms with Crippen molar-refractivity contribution in [2.24, 2.45) is 0 Å². The van der Waals surface area contributed by atoms with E-state index in [1.807, 2.05) is 0 Å². The van der Waals surface area contributed by atoms with Gasteiger partial charge in [0.05, 0.1) is 31.2 Å². The summed E-state index contributed by atoms with van der Waals surface area (Å²) in [5.74, 6) is -0.214. The number of methoxy groups -OCH3 is 2. The number of hydrogen-bond acceptors (Lipinski definition) is 5. The number of hydrogen-bond donors (Lipinski definition) is 2. The number of benzene rings is 1. The van der Waals surface area contributed by atoms with Gasteiger partial charge >= 0.3 is 5.97 Å². The third-order valence-electron chi connectivity index (χ3n) is 1.84. The number of nitrogen functional groups attached to an aromatic ring is 2. The van der Waals surface area contributed by atoms with Crippen LogP contribution in [0.15, 0.2) is 12.1 Å². The Kier molecular flexibility index (Phi) is 2.81. The summed E-state index contributed by atoms with van der Waals surface area (Å²) < 4.78 is 9.49. The average molecular weight is 196 g/mol. The Morgan fingerprint density at radius 2 is 1.93 bits per heavy atom. The zero-order valence-electron chi connectivity index (χ0n) is 8.03. The summed E-state index contributed by atoms with van der Waals surface area (Å²) in [7, 11) is 2.72. The van der Waals surface area contributed by atoms with Crippen LogP contribution < -0.4 is 16.2 Å². The van der Waals surface area contributed by atoms with Crippen LogP contribution in [0.25, 0.3) is 0 Å². The maximum Gasteiger partial charge on any atom is 0.340 e. The summed E-state index contributed by atoms with van der Waals surface area (Å²) in [6.07, 6.45) is 0. The average Bonchev–Trinajstić information content (AvgIpc) is 2.18. The lowest BCUT2D eigenvalue weighted by Gasteiger charge is -2.10. The molecule has 5 nitrogen and oxygen atoms in total. The molecule has 0 atom stereocenters. The third kappa shape index (κ3) is 1.56. The molecule has 0 amide bonds. The van der Waals surface area contributed by atoms with E-state index in [0.717, 1.165) is 0 Å². The second-order valence-corrected chi connectivity index (χ2v) is 2.64. The molecule has 0 unspecified atom stereocenters. The molecule has 0 aliphatic heterocycles. The van der Waals surface area contributed by atoms with Crippen molar-refractivity contribution in [3.8, 4) is 5.75 Å². The highest BCUT2D eigenvalue weighted by Gasteiger charge is 2.15. The normalized spacial score (nSPS) is 9.57. The Balaban J connectivity index is 3.28. The molecule has 0 heterocycles. The number of carbonyl (C=O) groups is 1. The van der Waals surface area contributed by atoms with Crippen molar-refractivity contribution in [3.63, 3.8) is 0 Å². The van der Waals surface area contributed by atoms with E-state index in [1.165, 1.54) is 20.3 Å². The molecule has 14 heavy (non-hydrogen) atoms. The maximum atomic E-state index is 11.2. The van der Waals surface area contributed by atoms with Gasteiger partial charge in [0.2, 0.25) is 0 Å². The molecule has 76 valence electrons. The summed E-state index contributed by atoms with van der Waals surface area (Å²) in [5.41, 5.74) is 12.1. The lowest BCUT2D eigenvalue weighted by molar-refractivity contribution is 0.0601. The van der Waals surface area contributed by atoms with Crippen molar-refractivity contribution in [1.82, 2.24) is 0 Å². The van der Waals surface area contributed by atoms with Crippen molar-refractivity contribution in [1.29, 1.82) is 0 Å². The van der Waals surface area contributed by atoms with Gasteiger partial charge in [-0.15, -0.1) is 0 Å². The van der Waals surface area contributed by atoms with Gasteiger partial charge in [-0.25, -0.2) is 4.79 Å². The number of ether oxygens (including phenoxy) is 2. The van der Waals surface area contributed by atoms with Crippen LogP contribution in [0.1, 0.15) is 10.4 Å². The predicted molar refractivity (Wildman–Crippen MR) is 53.2 cm³/mol. The van der Waals surface area contributed by atoms with Crippen LogP contribution >= 0.6 is 0 Å². The topological polar surface area (TPSA) is 87.6 Å². The van der Waals surface area contributed by atoms with E-state index >= 15 is 0 Å². The zero-order valence-corrected chi connectivity index (χ0v) is 8.03. The minimum absolute atomic E-state index is 0.194. The lowest BCUT2D eigenvalue weighted by Crippen LogP contribution is -2.08. The van der Waals surface area contributed by atoms with Gasteiger partial charge in [-0.2, -0.15) is 0 Å². The number of esters is 1.